The number of nitrogens with zero attached hydrogens (tertiary/aromatic N) is 1. The second-order valence-electron chi connectivity index (χ2n) is 4.89. The van der Waals surface area contributed by atoms with Crippen LogP contribution in [0.4, 0.5) is 0 Å². The third-order valence-corrected chi connectivity index (χ3v) is 2.53. The number of hydrogen-bond acceptors (Lipinski definition) is 3. The topological polar surface area (TPSA) is 39.2 Å². The monoisotopic (exact) mass is 205 g/mol. The van der Waals surface area contributed by atoms with Gasteiger partial charge in [-0.05, 0) is 11.5 Å². The Balaban J connectivity index is 2.51. The van der Waals surface area contributed by atoms with Crippen LogP contribution in [-0.2, 0) is 16.6 Å². The van der Waals surface area contributed by atoms with E-state index in [1.165, 1.54) is 0 Å². The zero-order valence-corrected chi connectivity index (χ0v) is 9.33. The van der Waals surface area contributed by atoms with Crippen molar-refractivity contribution in [1.29, 1.82) is 0 Å². The first kappa shape index (κ1) is 10.1. The number of carbonyl (C=O) groups excluding carboxylic acids is 1. The van der Waals surface area contributed by atoms with Gasteiger partial charge in [0.25, 0.3) is 0 Å². The van der Waals surface area contributed by atoms with Crippen molar-refractivity contribution < 1.29 is 9.53 Å². The lowest BCUT2D eigenvalue weighted by Crippen LogP contribution is -2.24. The molecule has 80 valence electrons. The summed E-state index contributed by atoms with van der Waals surface area (Å²) in [5.41, 5.74) is 1.92. The van der Waals surface area contributed by atoms with Crippen molar-refractivity contribution in [3.05, 3.63) is 23.5 Å². The van der Waals surface area contributed by atoms with Crippen LogP contribution < -0.4 is 4.74 Å². The van der Waals surface area contributed by atoms with Crippen molar-refractivity contribution in [1.82, 2.24) is 4.98 Å². The SMILES string of the molecule is CC(C)(C)c1ccnc2c1OCC(=O)C2. The minimum absolute atomic E-state index is 0.0212. The predicted octanol–water partition coefficient (Wildman–Crippen LogP) is 1.88. The molecule has 0 atom stereocenters. The Hall–Kier alpha value is -1.38. The third kappa shape index (κ3) is 1.87. The Bertz CT molecular complexity index is 405. The van der Waals surface area contributed by atoms with E-state index in [1.807, 2.05) is 6.07 Å². The van der Waals surface area contributed by atoms with Gasteiger partial charge < -0.3 is 4.74 Å². The van der Waals surface area contributed by atoms with Crippen LogP contribution >= 0.6 is 0 Å². The molecule has 0 aromatic carbocycles. The summed E-state index contributed by atoms with van der Waals surface area (Å²) in [6.07, 6.45) is 2.15. The number of Topliss-reactive ketones (excluding diaryl/α,β-unsaturated/α-hetero) is 1. The summed E-state index contributed by atoms with van der Waals surface area (Å²) in [4.78, 5) is 15.4. The molecule has 1 aliphatic heterocycles. The van der Waals surface area contributed by atoms with Crippen molar-refractivity contribution in [2.45, 2.75) is 32.6 Å². The normalized spacial score (nSPS) is 15.8. The number of pyridine rings is 1. The number of ether oxygens (including phenoxy) is 1. The van der Waals surface area contributed by atoms with Gasteiger partial charge in [0.15, 0.2) is 5.78 Å². The highest BCUT2D eigenvalue weighted by Gasteiger charge is 2.26. The first-order chi connectivity index (χ1) is 6.98. The van der Waals surface area contributed by atoms with Gasteiger partial charge in [0.2, 0.25) is 0 Å². The molecule has 1 aliphatic rings. The number of hydrogen-bond donors (Lipinski definition) is 0. The highest BCUT2D eigenvalue weighted by Crippen LogP contribution is 2.34. The lowest BCUT2D eigenvalue weighted by molar-refractivity contribution is -0.121. The van der Waals surface area contributed by atoms with Crippen molar-refractivity contribution in [2.24, 2.45) is 0 Å². The Morgan fingerprint density at radius 1 is 1.40 bits per heavy atom. The van der Waals surface area contributed by atoms with Crippen molar-refractivity contribution >= 4 is 5.78 Å². The molecule has 15 heavy (non-hydrogen) atoms. The molecular weight excluding hydrogens is 190 g/mol. The Morgan fingerprint density at radius 3 is 2.80 bits per heavy atom. The van der Waals surface area contributed by atoms with E-state index < -0.39 is 0 Å². The summed E-state index contributed by atoms with van der Waals surface area (Å²) in [7, 11) is 0. The molecule has 0 saturated heterocycles. The Kier molecular flexibility index (Phi) is 2.25. The molecule has 3 heteroatoms. The van der Waals surface area contributed by atoms with Gasteiger partial charge in [0.1, 0.15) is 12.4 Å². The molecule has 0 aliphatic carbocycles. The van der Waals surface area contributed by atoms with Gasteiger partial charge in [0.05, 0.1) is 12.1 Å². The average molecular weight is 205 g/mol. The zero-order valence-electron chi connectivity index (χ0n) is 9.33. The minimum atomic E-state index is 0.0212. The van der Waals surface area contributed by atoms with Crippen molar-refractivity contribution in [2.75, 3.05) is 6.61 Å². The molecule has 1 aromatic heterocycles. The first-order valence-electron chi connectivity index (χ1n) is 5.11. The molecule has 3 nitrogen and oxygen atoms in total. The minimum Gasteiger partial charge on any atom is -0.484 e. The largest absolute Gasteiger partial charge is 0.484 e. The molecular formula is C12H15NO2. The summed E-state index contributed by atoms with van der Waals surface area (Å²) < 4.78 is 5.48. The van der Waals surface area contributed by atoms with Crippen LogP contribution in [0.25, 0.3) is 0 Å². The molecule has 0 fully saturated rings. The van der Waals surface area contributed by atoms with Crippen LogP contribution in [-0.4, -0.2) is 17.4 Å². The van der Waals surface area contributed by atoms with Crippen LogP contribution in [0.2, 0.25) is 0 Å². The van der Waals surface area contributed by atoms with Crippen LogP contribution in [0.3, 0.4) is 0 Å². The molecule has 0 amide bonds. The Labute approximate surface area is 89.5 Å². The van der Waals surface area contributed by atoms with Gasteiger partial charge in [-0.25, -0.2) is 0 Å². The second-order valence-corrected chi connectivity index (χ2v) is 4.89. The highest BCUT2D eigenvalue weighted by atomic mass is 16.5. The van der Waals surface area contributed by atoms with E-state index in [-0.39, 0.29) is 17.8 Å². The number of fused-ring (bicyclic) bond motifs is 1. The van der Waals surface area contributed by atoms with Gasteiger partial charge in [-0.3, -0.25) is 9.78 Å². The molecule has 0 saturated carbocycles. The molecule has 0 unspecified atom stereocenters. The van der Waals surface area contributed by atoms with E-state index >= 15 is 0 Å². The number of carbonyl (C=O) groups is 1. The second kappa shape index (κ2) is 3.33. The summed E-state index contributed by atoms with van der Waals surface area (Å²) in [6, 6.07) is 1.97. The van der Waals surface area contributed by atoms with Crippen LogP contribution in [0, 0.1) is 0 Å². The third-order valence-electron chi connectivity index (χ3n) is 2.53. The highest BCUT2D eigenvalue weighted by molar-refractivity contribution is 5.84. The summed E-state index contributed by atoms with van der Waals surface area (Å²) in [5.74, 6) is 0.908. The zero-order chi connectivity index (χ0) is 11.1. The molecule has 2 heterocycles. The van der Waals surface area contributed by atoms with Gasteiger partial charge >= 0.3 is 0 Å². The lowest BCUT2D eigenvalue weighted by Gasteiger charge is -2.26. The van der Waals surface area contributed by atoms with E-state index in [9.17, 15) is 4.79 Å². The molecule has 0 radical (unpaired) electrons. The van der Waals surface area contributed by atoms with Gasteiger partial charge in [-0.15, -0.1) is 0 Å². The maximum absolute atomic E-state index is 11.2. The summed E-state index contributed by atoms with van der Waals surface area (Å²) in [5, 5.41) is 0. The van der Waals surface area contributed by atoms with Crippen LogP contribution in [0.5, 0.6) is 5.75 Å². The van der Waals surface area contributed by atoms with Crippen molar-refractivity contribution in [3.8, 4) is 5.75 Å². The maximum atomic E-state index is 11.2. The predicted molar refractivity (Wildman–Crippen MR) is 57.1 cm³/mol. The summed E-state index contributed by atoms with van der Waals surface area (Å²) in [6.45, 7) is 6.56. The molecule has 0 N–H and O–H groups in total. The molecule has 2 rings (SSSR count). The number of ketones is 1. The maximum Gasteiger partial charge on any atom is 0.176 e. The Morgan fingerprint density at radius 2 is 2.13 bits per heavy atom. The smallest absolute Gasteiger partial charge is 0.176 e. The summed E-state index contributed by atoms with van der Waals surface area (Å²) >= 11 is 0. The van der Waals surface area contributed by atoms with Crippen LogP contribution in [0.1, 0.15) is 32.0 Å². The van der Waals surface area contributed by atoms with E-state index in [4.69, 9.17) is 4.74 Å². The van der Waals surface area contributed by atoms with E-state index in [0.717, 1.165) is 17.0 Å². The number of rotatable bonds is 0. The average Bonchev–Trinajstić information content (AvgIpc) is 2.15. The van der Waals surface area contributed by atoms with E-state index in [2.05, 4.69) is 25.8 Å². The fraction of sp³-hybridized carbons (Fsp3) is 0.500. The fourth-order valence-electron chi connectivity index (χ4n) is 1.76. The standard InChI is InChI=1S/C12H15NO2/c1-12(2,3)9-4-5-13-10-6-8(14)7-15-11(9)10/h4-5H,6-7H2,1-3H3. The van der Waals surface area contributed by atoms with Gasteiger partial charge in [0, 0.05) is 11.8 Å². The van der Waals surface area contributed by atoms with E-state index in [1.54, 1.807) is 6.20 Å². The van der Waals surface area contributed by atoms with Crippen LogP contribution in [0.15, 0.2) is 12.3 Å². The molecule has 0 spiro atoms. The molecule has 0 bridgehead atoms. The van der Waals surface area contributed by atoms with Gasteiger partial charge in [-0.2, -0.15) is 0 Å². The molecule has 1 aromatic rings. The quantitative estimate of drug-likeness (QED) is 0.649. The fourth-order valence-corrected chi connectivity index (χ4v) is 1.76. The van der Waals surface area contributed by atoms with E-state index in [0.29, 0.717) is 6.42 Å². The van der Waals surface area contributed by atoms with Crippen molar-refractivity contribution in [3.63, 3.8) is 0 Å². The lowest BCUT2D eigenvalue weighted by atomic mass is 9.85. The first-order valence-corrected chi connectivity index (χ1v) is 5.11. The van der Waals surface area contributed by atoms with Gasteiger partial charge in [-0.1, -0.05) is 20.8 Å². The number of aromatic nitrogens is 1.